The van der Waals surface area contributed by atoms with Crippen LogP contribution in [0, 0.1) is 0 Å². The molecule has 3 aromatic rings. The highest BCUT2D eigenvalue weighted by Crippen LogP contribution is 2.41. The molecule has 0 radical (unpaired) electrons. The number of likely N-dealkylation sites (tertiary alicyclic amines) is 1. The summed E-state index contributed by atoms with van der Waals surface area (Å²) in [5.41, 5.74) is -4.07. The molecule has 5 rings (SSSR count). The predicted molar refractivity (Wildman–Crippen MR) is 145 cm³/mol. The molecule has 1 atom stereocenters. The number of carbonyl (C=O) groups is 1. The van der Waals surface area contributed by atoms with Gasteiger partial charge in [-0.1, -0.05) is 12.1 Å². The largest absolute Gasteiger partial charge is 0.497 e. The van der Waals surface area contributed by atoms with Crippen LogP contribution in [0.4, 0.5) is 41.1 Å². The van der Waals surface area contributed by atoms with Crippen molar-refractivity contribution in [1.29, 1.82) is 0 Å². The van der Waals surface area contributed by atoms with Crippen molar-refractivity contribution in [1.82, 2.24) is 29.5 Å². The number of hydrogen-bond donors (Lipinski definition) is 0. The van der Waals surface area contributed by atoms with Gasteiger partial charge in [-0.2, -0.15) is 31.4 Å². The van der Waals surface area contributed by atoms with Crippen LogP contribution in [0.2, 0.25) is 0 Å². The van der Waals surface area contributed by atoms with Crippen molar-refractivity contribution in [3.05, 3.63) is 75.5 Å². The third kappa shape index (κ3) is 7.37. The lowest BCUT2D eigenvalue weighted by Gasteiger charge is -2.36. The van der Waals surface area contributed by atoms with E-state index in [1.54, 1.807) is 4.90 Å². The van der Waals surface area contributed by atoms with Crippen molar-refractivity contribution in [3.8, 4) is 5.75 Å². The molecule has 46 heavy (non-hydrogen) atoms. The summed E-state index contributed by atoms with van der Waals surface area (Å²) in [4.78, 5) is 37.4. The predicted octanol–water partition coefficient (Wildman–Crippen LogP) is 3.86. The first kappa shape index (κ1) is 33.0. The number of alkyl halides is 8. The second kappa shape index (κ2) is 12.4. The fourth-order valence-corrected chi connectivity index (χ4v) is 5.34. The number of halogens is 8. The molecular formula is C28H27F8N7O3. The van der Waals surface area contributed by atoms with E-state index in [1.165, 1.54) is 36.3 Å². The Morgan fingerprint density at radius 2 is 1.61 bits per heavy atom. The Morgan fingerprint density at radius 1 is 0.978 bits per heavy atom. The van der Waals surface area contributed by atoms with Gasteiger partial charge in [0.15, 0.2) is 0 Å². The number of amides is 1. The molecule has 2 fully saturated rings. The van der Waals surface area contributed by atoms with Gasteiger partial charge in [0.25, 0.3) is 11.5 Å². The minimum absolute atomic E-state index is 0.0238. The molecule has 0 bridgehead atoms. The molecular weight excluding hydrogens is 634 g/mol. The molecule has 0 spiro atoms. The number of ether oxygens (including phenoxy) is 1. The molecule has 2 aromatic heterocycles. The van der Waals surface area contributed by atoms with Crippen LogP contribution in [0.25, 0.3) is 0 Å². The van der Waals surface area contributed by atoms with Crippen LogP contribution in [-0.4, -0.2) is 87.8 Å². The highest BCUT2D eigenvalue weighted by Gasteiger charge is 2.48. The summed E-state index contributed by atoms with van der Waals surface area (Å²) < 4.78 is 115. The minimum atomic E-state index is -5.10. The lowest BCUT2D eigenvalue weighted by atomic mass is 10.1. The first-order valence-corrected chi connectivity index (χ1v) is 13.9. The molecule has 0 saturated carbocycles. The van der Waals surface area contributed by atoms with E-state index >= 15 is 0 Å². The Hall–Kier alpha value is -4.35. The molecule has 2 aliphatic heterocycles. The fourth-order valence-electron chi connectivity index (χ4n) is 5.34. The van der Waals surface area contributed by atoms with Gasteiger partial charge in [0.2, 0.25) is 11.9 Å². The first-order valence-electron chi connectivity index (χ1n) is 13.9. The maximum Gasteiger partial charge on any atom is 0.421 e. The van der Waals surface area contributed by atoms with Crippen LogP contribution < -0.4 is 15.2 Å². The Kier molecular flexibility index (Phi) is 8.94. The van der Waals surface area contributed by atoms with E-state index in [9.17, 15) is 44.7 Å². The van der Waals surface area contributed by atoms with Crippen LogP contribution in [0.15, 0.2) is 47.5 Å². The van der Waals surface area contributed by atoms with Gasteiger partial charge in [0, 0.05) is 45.0 Å². The zero-order valence-corrected chi connectivity index (χ0v) is 24.2. The van der Waals surface area contributed by atoms with E-state index in [-0.39, 0.29) is 38.7 Å². The summed E-state index contributed by atoms with van der Waals surface area (Å²) in [6.45, 7) is -1.45. The second-order valence-corrected chi connectivity index (χ2v) is 10.9. The average Bonchev–Trinajstić information content (AvgIpc) is 3.31. The number of nitrogens with zero attached hydrogens (tertiary/aromatic N) is 7. The third-order valence-corrected chi connectivity index (χ3v) is 7.72. The molecule has 10 nitrogen and oxygen atoms in total. The Balaban J connectivity index is 1.33. The van der Waals surface area contributed by atoms with Crippen LogP contribution in [0.1, 0.15) is 34.8 Å². The van der Waals surface area contributed by atoms with Crippen LogP contribution in [-0.2, 0) is 23.7 Å². The first-order chi connectivity index (χ1) is 21.5. The molecule has 0 unspecified atom stereocenters. The van der Waals surface area contributed by atoms with E-state index in [2.05, 4.69) is 15.1 Å². The van der Waals surface area contributed by atoms with Gasteiger partial charge in [-0.3, -0.25) is 14.5 Å². The molecule has 18 heteroatoms. The lowest BCUT2D eigenvalue weighted by Crippen LogP contribution is -2.51. The summed E-state index contributed by atoms with van der Waals surface area (Å²) >= 11 is 0. The van der Waals surface area contributed by atoms with Gasteiger partial charge in [0.05, 0.1) is 44.0 Å². The van der Waals surface area contributed by atoms with Crippen molar-refractivity contribution in [3.63, 3.8) is 0 Å². The molecule has 248 valence electrons. The Morgan fingerprint density at radius 3 is 2.17 bits per heavy atom. The van der Waals surface area contributed by atoms with Gasteiger partial charge in [-0.25, -0.2) is 23.4 Å². The summed E-state index contributed by atoms with van der Waals surface area (Å²) in [5, 5.41) is 4.05. The molecule has 0 aliphatic carbocycles. The smallest absolute Gasteiger partial charge is 0.421 e. The maximum absolute atomic E-state index is 14.7. The number of anilines is 1. The number of benzene rings is 1. The Bertz CT molecular complexity index is 1600. The summed E-state index contributed by atoms with van der Waals surface area (Å²) in [6.07, 6.45) is -9.34. The number of carbonyl (C=O) groups excluding carboxylic acids is 1. The van der Waals surface area contributed by atoms with Crippen molar-refractivity contribution in [2.75, 3.05) is 51.3 Å². The van der Waals surface area contributed by atoms with Gasteiger partial charge in [-0.15, -0.1) is 0 Å². The highest BCUT2D eigenvalue weighted by atomic mass is 19.4. The zero-order chi connectivity index (χ0) is 33.4. The topological polar surface area (TPSA) is 96.7 Å². The molecule has 2 aliphatic rings. The standard InChI is InChI=1S/C28H27F8N7O3/c1-46-19-4-2-17(3-5-19)14-43-24(45)20(28(34,35)36)10-21(39-43)22-11-26(29,30)16-42(22)15-23(44)40-6-8-41(9-7-40)25-37-12-18(13-38-25)27(31,32)33/h2-5,10,12-13,22H,6-9,11,14-16H2,1H3/t22-/m1/s1. The van der Waals surface area contributed by atoms with Crippen molar-refractivity contribution < 1.29 is 44.7 Å². The third-order valence-electron chi connectivity index (χ3n) is 7.72. The van der Waals surface area contributed by atoms with E-state index in [0.29, 0.717) is 34.5 Å². The summed E-state index contributed by atoms with van der Waals surface area (Å²) in [7, 11) is 1.42. The van der Waals surface area contributed by atoms with Crippen LogP contribution >= 0.6 is 0 Å². The normalized spacial score (nSPS) is 19.0. The molecule has 1 aromatic carbocycles. The summed E-state index contributed by atoms with van der Waals surface area (Å²) in [6, 6.07) is 5.16. The summed E-state index contributed by atoms with van der Waals surface area (Å²) in [5.74, 6) is -3.45. The van der Waals surface area contributed by atoms with E-state index in [1.807, 2.05) is 0 Å². The van der Waals surface area contributed by atoms with Gasteiger partial charge in [-0.05, 0) is 23.8 Å². The fraction of sp³-hybridized carbons (Fsp3) is 0.464. The quantitative estimate of drug-likeness (QED) is 0.353. The van der Waals surface area contributed by atoms with E-state index in [0.717, 1.165) is 4.90 Å². The zero-order valence-electron chi connectivity index (χ0n) is 24.2. The van der Waals surface area contributed by atoms with Crippen molar-refractivity contribution in [2.24, 2.45) is 0 Å². The Labute approximate surface area is 256 Å². The van der Waals surface area contributed by atoms with E-state index in [4.69, 9.17) is 4.74 Å². The lowest BCUT2D eigenvalue weighted by molar-refractivity contribution is -0.139. The second-order valence-electron chi connectivity index (χ2n) is 10.9. The minimum Gasteiger partial charge on any atom is -0.497 e. The number of aromatic nitrogens is 4. The van der Waals surface area contributed by atoms with Gasteiger partial charge < -0.3 is 14.5 Å². The number of hydrogen-bond acceptors (Lipinski definition) is 8. The van der Waals surface area contributed by atoms with Crippen molar-refractivity contribution in [2.45, 2.75) is 37.3 Å². The number of rotatable bonds is 7. The number of piperazine rings is 1. The van der Waals surface area contributed by atoms with E-state index < -0.39 is 72.1 Å². The SMILES string of the molecule is COc1ccc(Cn2nc([C@H]3CC(F)(F)CN3CC(=O)N3CCN(c4ncc(C(F)(F)F)cn4)CC3)cc(C(F)(F)F)c2=O)cc1. The maximum atomic E-state index is 14.7. The van der Waals surface area contributed by atoms with Crippen LogP contribution in [0.3, 0.4) is 0 Å². The monoisotopic (exact) mass is 661 g/mol. The molecule has 1 amide bonds. The molecule has 2 saturated heterocycles. The van der Waals surface area contributed by atoms with Gasteiger partial charge in [0.1, 0.15) is 11.3 Å². The molecule has 4 heterocycles. The van der Waals surface area contributed by atoms with Gasteiger partial charge >= 0.3 is 12.4 Å². The highest BCUT2D eigenvalue weighted by molar-refractivity contribution is 5.78. The molecule has 0 N–H and O–H groups in total. The number of methoxy groups -OCH3 is 1. The average molecular weight is 662 g/mol. The van der Waals surface area contributed by atoms with Crippen molar-refractivity contribution >= 4 is 11.9 Å². The van der Waals surface area contributed by atoms with Crippen LogP contribution in [0.5, 0.6) is 5.75 Å².